The van der Waals surface area contributed by atoms with Crippen LogP contribution in [0.25, 0.3) is 0 Å². The number of benzene rings is 1. The van der Waals surface area contributed by atoms with Crippen molar-refractivity contribution in [1.82, 2.24) is 5.32 Å². The average Bonchev–Trinajstić information content (AvgIpc) is 2.70. The monoisotopic (exact) mass is 237 g/mol. The van der Waals surface area contributed by atoms with Gasteiger partial charge in [0, 0.05) is 6.42 Å². The van der Waals surface area contributed by atoms with Crippen LogP contribution in [0.5, 0.6) is 5.75 Å². The number of alkyl carbamates (subject to hydrolysis) is 1. The van der Waals surface area contributed by atoms with Crippen LogP contribution in [0.1, 0.15) is 5.56 Å². The Kier molecular flexibility index (Phi) is 3.49. The van der Waals surface area contributed by atoms with Crippen molar-refractivity contribution in [3.8, 4) is 5.75 Å². The van der Waals surface area contributed by atoms with Crippen molar-refractivity contribution in [3.05, 3.63) is 29.8 Å². The topological polar surface area (TPSA) is 67.8 Å². The summed E-state index contributed by atoms with van der Waals surface area (Å²) in [5.74, 6) is 0.757. The van der Waals surface area contributed by atoms with Crippen molar-refractivity contribution in [1.29, 1.82) is 0 Å². The van der Waals surface area contributed by atoms with Crippen LogP contribution in [0.2, 0.25) is 0 Å². The summed E-state index contributed by atoms with van der Waals surface area (Å²) in [5.41, 5.74) is 0.954. The van der Waals surface area contributed by atoms with E-state index < -0.39 is 6.09 Å². The maximum absolute atomic E-state index is 11.1. The number of hydrogen-bond donors (Lipinski definition) is 2. The lowest BCUT2D eigenvalue weighted by atomic mass is 10.0. The van der Waals surface area contributed by atoms with Gasteiger partial charge in [0.25, 0.3) is 0 Å². The lowest BCUT2D eigenvalue weighted by molar-refractivity contribution is 0.118. The molecule has 5 heteroatoms. The number of carbonyl (C=O) groups excluding carboxylic acids is 1. The lowest BCUT2D eigenvalue weighted by Crippen LogP contribution is -2.36. The first-order chi connectivity index (χ1) is 8.24. The molecule has 17 heavy (non-hydrogen) atoms. The molecular formula is C12H15NO4. The first-order valence-corrected chi connectivity index (χ1v) is 5.44. The van der Waals surface area contributed by atoms with Gasteiger partial charge in [-0.1, -0.05) is 18.2 Å². The zero-order valence-corrected chi connectivity index (χ0v) is 9.55. The van der Waals surface area contributed by atoms with Gasteiger partial charge >= 0.3 is 6.09 Å². The van der Waals surface area contributed by atoms with Gasteiger partial charge in [-0.15, -0.1) is 0 Å². The molecule has 2 unspecified atom stereocenters. The van der Waals surface area contributed by atoms with Crippen LogP contribution < -0.4 is 10.1 Å². The number of rotatable bonds is 4. The number of amides is 1. The van der Waals surface area contributed by atoms with Gasteiger partial charge in [-0.05, 0) is 11.6 Å². The molecule has 1 aliphatic heterocycles. The molecule has 2 rings (SSSR count). The number of cyclic esters (lactones) is 1. The van der Waals surface area contributed by atoms with Gasteiger partial charge in [0.2, 0.25) is 0 Å². The Bertz CT molecular complexity index is 407. The number of hydrogen-bond acceptors (Lipinski definition) is 4. The molecule has 2 N–H and O–H groups in total. The van der Waals surface area contributed by atoms with E-state index in [1.807, 2.05) is 24.3 Å². The standard InChI is InChI=1S/C12H15NO4/c1-16-10-5-3-2-4-8(10)6-11-9(7-14)13-12(15)17-11/h2-5,9,11,14H,6-7H2,1H3,(H,13,15). The average molecular weight is 237 g/mol. The molecule has 1 heterocycles. The molecule has 0 aliphatic carbocycles. The fraction of sp³-hybridized carbons (Fsp3) is 0.417. The Morgan fingerprint density at radius 3 is 2.94 bits per heavy atom. The van der Waals surface area contributed by atoms with Gasteiger partial charge in [-0.2, -0.15) is 0 Å². The highest BCUT2D eigenvalue weighted by atomic mass is 16.6. The molecule has 1 aliphatic rings. The second-order valence-electron chi connectivity index (χ2n) is 3.89. The Hall–Kier alpha value is -1.75. The third-order valence-electron chi connectivity index (χ3n) is 2.82. The van der Waals surface area contributed by atoms with Gasteiger partial charge in [0.15, 0.2) is 0 Å². The van der Waals surface area contributed by atoms with Crippen LogP contribution in [0.4, 0.5) is 4.79 Å². The van der Waals surface area contributed by atoms with Crippen molar-refractivity contribution in [2.45, 2.75) is 18.6 Å². The van der Waals surface area contributed by atoms with Crippen molar-refractivity contribution in [3.63, 3.8) is 0 Å². The highest BCUT2D eigenvalue weighted by molar-refractivity contribution is 5.70. The molecule has 1 fully saturated rings. The van der Waals surface area contributed by atoms with E-state index in [-0.39, 0.29) is 18.8 Å². The fourth-order valence-corrected chi connectivity index (χ4v) is 1.93. The Morgan fingerprint density at radius 1 is 1.47 bits per heavy atom. The Balaban J connectivity index is 2.12. The molecule has 2 atom stereocenters. The molecular weight excluding hydrogens is 222 g/mol. The van der Waals surface area contributed by atoms with Crippen LogP contribution >= 0.6 is 0 Å². The predicted molar refractivity (Wildman–Crippen MR) is 61.0 cm³/mol. The van der Waals surface area contributed by atoms with E-state index in [9.17, 15) is 4.79 Å². The number of methoxy groups -OCH3 is 1. The number of nitrogens with one attached hydrogen (secondary N) is 1. The molecule has 5 nitrogen and oxygen atoms in total. The number of ether oxygens (including phenoxy) is 2. The summed E-state index contributed by atoms with van der Waals surface area (Å²) in [7, 11) is 1.60. The van der Waals surface area contributed by atoms with Gasteiger partial charge in [0.1, 0.15) is 11.9 Å². The second-order valence-corrected chi connectivity index (χ2v) is 3.89. The maximum atomic E-state index is 11.1. The van der Waals surface area contributed by atoms with E-state index in [0.29, 0.717) is 6.42 Å². The highest BCUT2D eigenvalue weighted by Gasteiger charge is 2.33. The minimum Gasteiger partial charge on any atom is -0.496 e. The van der Waals surface area contributed by atoms with E-state index in [4.69, 9.17) is 14.6 Å². The second kappa shape index (κ2) is 5.05. The normalized spacial score (nSPS) is 23.1. The molecule has 1 amide bonds. The number of para-hydroxylation sites is 1. The summed E-state index contributed by atoms with van der Waals surface area (Å²) in [6, 6.07) is 7.20. The molecule has 0 saturated carbocycles. The molecule has 0 aromatic heterocycles. The first-order valence-electron chi connectivity index (χ1n) is 5.44. The summed E-state index contributed by atoms with van der Waals surface area (Å²) >= 11 is 0. The summed E-state index contributed by atoms with van der Waals surface area (Å²) in [6.45, 7) is -0.133. The summed E-state index contributed by atoms with van der Waals surface area (Å²) in [6.07, 6.45) is -0.318. The molecule has 92 valence electrons. The largest absolute Gasteiger partial charge is 0.496 e. The van der Waals surface area contributed by atoms with E-state index in [2.05, 4.69) is 5.32 Å². The quantitative estimate of drug-likeness (QED) is 0.809. The summed E-state index contributed by atoms with van der Waals surface area (Å²) in [4.78, 5) is 11.1. The van der Waals surface area contributed by atoms with E-state index in [1.54, 1.807) is 7.11 Å². The third kappa shape index (κ3) is 2.50. The fourth-order valence-electron chi connectivity index (χ4n) is 1.93. The van der Waals surface area contributed by atoms with Crippen LogP contribution in [-0.2, 0) is 11.2 Å². The molecule has 1 saturated heterocycles. The zero-order valence-electron chi connectivity index (χ0n) is 9.55. The van der Waals surface area contributed by atoms with Crippen LogP contribution in [-0.4, -0.2) is 37.1 Å². The number of aliphatic hydroxyl groups excluding tert-OH is 1. The summed E-state index contributed by atoms with van der Waals surface area (Å²) in [5, 5.41) is 11.7. The van der Waals surface area contributed by atoms with E-state index in [0.717, 1.165) is 11.3 Å². The SMILES string of the molecule is COc1ccccc1CC1OC(=O)NC1CO. The van der Waals surface area contributed by atoms with E-state index in [1.165, 1.54) is 0 Å². The number of carbonyl (C=O) groups is 1. The predicted octanol–water partition coefficient (Wildman–Crippen LogP) is 0.707. The van der Waals surface area contributed by atoms with Crippen molar-refractivity contribution < 1.29 is 19.4 Å². The smallest absolute Gasteiger partial charge is 0.407 e. The molecule has 1 aromatic rings. The van der Waals surface area contributed by atoms with Crippen LogP contribution in [0, 0.1) is 0 Å². The molecule has 0 spiro atoms. The highest BCUT2D eigenvalue weighted by Crippen LogP contribution is 2.22. The minimum absolute atomic E-state index is 0.133. The molecule has 1 aromatic carbocycles. The van der Waals surface area contributed by atoms with Crippen molar-refractivity contribution >= 4 is 6.09 Å². The van der Waals surface area contributed by atoms with Crippen molar-refractivity contribution in [2.75, 3.05) is 13.7 Å². The first kappa shape index (κ1) is 11.7. The van der Waals surface area contributed by atoms with Gasteiger partial charge in [-0.3, -0.25) is 0 Å². The minimum atomic E-state index is -0.482. The zero-order chi connectivity index (χ0) is 12.3. The van der Waals surface area contributed by atoms with Crippen LogP contribution in [0.15, 0.2) is 24.3 Å². The molecule has 0 bridgehead atoms. The van der Waals surface area contributed by atoms with Crippen molar-refractivity contribution in [2.24, 2.45) is 0 Å². The van der Waals surface area contributed by atoms with E-state index >= 15 is 0 Å². The Labute approximate surface area is 99.3 Å². The van der Waals surface area contributed by atoms with Gasteiger partial charge in [0.05, 0.1) is 19.8 Å². The Morgan fingerprint density at radius 2 is 2.24 bits per heavy atom. The lowest BCUT2D eigenvalue weighted by Gasteiger charge is -2.16. The van der Waals surface area contributed by atoms with Gasteiger partial charge < -0.3 is 19.9 Å². The molecule has 0 radical (unpaired) electrons. The maximum Gasteiger partial charge on any atom is 0.407 e. The third-order valence-corrected chi connectivity index (χ3v) is 2.82. The summed E-state index contributed by atoms with van der Waals surface area (Å²) < 4.78 is 10.3. The van der Waals surface area contributed by atoms with Crippen LogP contribution in [0.3, 0.4) is 0 Å². The number of aliphatic hydroxyl groups is 1. The van der Waals surface area contributed by atoms with Gasteiger partial charge in [-0.25, -0.2) is 4.79 Å².